The molecule has 0 aromatic rings. The molecule has 2 aliphatic heterocycles. The topological polar surface area (TPSA) is 61.9 Å². The SMILES string of the molecule is CC(C)(C)OC(=O)N1CCC(NCC(=O)N2CCCCC2)CC1. The minimum absolute atomic E-state index is 0.208. The fourth-order valence-electron chi connectivity index (χ4n) is 3.08. The van der Waals surface area contributed by atoms with Crippen molar-refractivity contribution in [2.75, 3.05) is 32.7 Å². The number of hydrogen-bond donors (Lipinski definition) is 1. The molecule has 0 unspecified atom stereocenters. The fourth-order valence-corrected chi connectivity index (χ4v) is 3.08. The van der Waals surface area contributed by atoms with Crippen molar-refractivity contribution in [2.45, 2.75) is 64.5 Å². The molecule has 132 valence electrons. The van der Waals surface area contributed by atoms with Crippen LogP contribution < -0.4 is 5.32 Å². The first-order chi connectivity index (χ1) is 10.8. The minimum atomic E-state index is -0.451. The number of amides is 2. The van der Waals surface area contributed by atoms with E-state index in [1.807, 2.05) is 25.7 Å². The lowest BCUT2D eigenvalue weighted by molar-refractivity contribution is -0.131. The maximum absolute atomic E-state index is 12.1. The van der Waals surface area contributed by atoms with Crippen LogP contribution in [-0.2, 0) is 9.53 Å². The average molecular weight is 325 g/mol. The van der Waals surface area contributed by atoms with Crippen molar-refractivity contribution >= 4 is 12.0 Å². The minimum Gasteiger partial charge on any atom is -0.444 e. The number of ether oxygens (including phenoxy) is 1. The van der Waals surface area contributed by atoms with Crippen molar-refractivity contribution in [1.82, 2.24) is 15.1 Å². The molecule has 0 aliphatic carbocycles. The molecule has 2 heterocycles. The summed E-state index contributed by atoms with van der Waals surface area (Å²) in [5.74, 6) is 0.208. The van der Waals surface area contributed by atoms with Gasteiger partial charge in [-0.3, -0.25) is 4.79 Å². The van der Waals surface area contributed by atoms with Crippen molar-refractivity contribution in [3.8, 4) is 0 Å². The van der Waals surface area contributed by atoms with E-state index in [2.05, 4.69) is 5.32 Å². The highest BCUT2D eigenvalue weighted by molar-refractivity contribution is 5.78. The van der Waals surface area contributed by atoms with E-state index in [4.69, 9.17) is 4.74 Å². The summed E-state index contributed by atoms with van der Waals surface area (Å²) >= 11 is 0. The molecule has 0 atom stereocenters. The molecule has 2 aliphatic rings. The molecule has 2 amide bonds. The van der Waals surface area contributed by atoms with Crippen molar-refractivity contribution in [3.63, 3.8) is 0 Å². The van der Waals surface area contributed by atoms with E-state index < -0.39 is 5.60 Å². The second-order valence-corrected chi connectivity index (χ2v) is 7.56. The molecule has 2 rings (SSSR count). The zero-order valence-electron chi connectivity index (χ0n) is 14.8. The van der Waals surface area contributed by atoms with Crippen LogP contribution in [-0.4, -0.2) is 66.2 Å². The summed E-state index contributed by atoms with van der Waals surface area (Å²) in [6, 6.07) is 0.308. The number of likely N-dealkylation sites (tertiary alicyclic amines) is 2. The van der Waals surface area contributed by atoms with Gasteiger partial charge in [0.05, 0.1) is 6.54 Å². The van der Waals surface area contributed by atoms with Crippen LogP contribution in [0.3, 0.4) is 0 Å². The van der Waals surface area contributed by atoms with Gasteiger partial charge in [-0.25, -0.2) is 4.79 Å². The van der Waals surface area contributed by atoms with E-state index in [1.54, 1.807) is 4.90 Å². The van der Waals surface area contributed by atoms with E-state index in [0.717, 1.165) is 38.8 Å². The van der Waals surface area contributed by atoms with E-state index in [1.165, 1.54) is 6.42 Å². The van der Waals surface area contributed by atoms with Gasteiger partial charge in [0, 0.05) is 32.2 Å². The molecule has 0 spiro atoms. The van der Waals surface area contributed by atoms with Gasteiger partial charge >= 0.3 is 6.09 Å². The Kier molecular flexibility index (Phi) is 6.27. The lowest BCUT2D eigenvalue weighted by Gasteiger charge is -2.34. The largest absolute Gasteiger partial charge is 0.444 e. The van der Waals surface area contributed by atoms with Gasteiger partial charge in [0.1, 0.15) is 5.60 Å². The lowest BCUT2D eigenvalue weighted by atomic mass is 10.1. The highest BCUT2D eigenvalue weighted by Gasteiger charge is 2.27. The first-order valence-electron chi connectivity index (χ1n) is 8.84. The zero-order chi connectivity index (χ0) is 16.9. The third-order valence-electron chi connectivity index (χ3n) is 4.40. The van der Waals surface area contributed by atoms with Crippen LogP contribution in [0.1, 0.15) is 52.9 Å². The normalized spacial score (nSPS) is 20.5. The van der Waals surface area contributed by atoms with Crippen molar-refractivity contribution in [1.29, 1.82) is 0 Å². The Labute approximate surface area is 139 Å². The van der Waals surface area contributed by atoms with Crippen LogP contribution in [0, 0.1) is 0 Å². The Balaban J connectivity index is 1.66. The van der Waals surface area contributed by atoms with Gasteiger partial charge in [-0.2, -0.15) is 0 Å². The summed E-state index contributed by atoms with van der Waals surface area (Å²) in [7, 11) is 0. The number of nitrogens with one attached hydrogen (secondary N) is 1. The maximum atomic E-state index is 12.1. The summed E-state index contributed by atoms with van der Waals surface area (Å²) in [6.45, 7) is 9.23. The van der Waals surface area contributed by atoms with Gasteiger partial charge in [0.25, 0.3) is 0 Å². The third kappa shape index (κ3) is 6.01. The first-order valence-corrected chi connectivity index (χ1v) is 8.84. The number of rotatable bonds is 3. The quantitative estimate of drug-likeness (QED) is 0.862. The molecule has 1 N–H and O–H groups in total. The molecule has 23 heavy (non-hydrogen) atoms. The molecule has 6 heteroatoms. The number of carbonyl (C=O) groups is 2. The summed E-state index contributed by atoms with van der Waals surface area (Å²) in [4.78, 5) is 27.9. The predicted molar refractivity (Wildman–Crippen MR) is 89.3 cm³/mol. The number of hydrogen-bond acceptors (Lipinski definition) is 4. The molecule has 0 saturated carbocycles. The van der Waals surface area contributed by atoms with Crippen LogP contribution in [0.15, 0.2) is 0 Å². The van der Waals surface area contributed by atoms with Gasteiger partial charge in [-0.1, -0.05) is 0 Å². The molecule has 0 radical (unpaired) electrons. The monoisotopic (exact) mass is 325 g/mol. The molecule has 0 aromatic heterocycles. The predicted octanol–water partition coefficient (Wildman–Crippen LogP) is 1.99. The lowest BCUT2D eigenvalue weighted by Crippen LogP contribution is -2.49. The van der Waals surface area contributed by atoms with Gasteiger partial charge in [0.2, 0.25) is 5.91 Å². The highest BCUT2D eigenvalue weighted by Crippen LogP contribution is 2.15. The molecule has 0 aromatic carbocycles. The number of nitrogens with zero attached hydrogens (tertiary/aromatic N) is 2. The number of carbonyl (C=O) groups excluding carboxylic acids is 2. The number of piperidine rings is 2. The summed E-state index contributed by atoms with van der Waals surface area (Å²) in [5, 5.41) is 3.36. The Morgan fingerprint density at radius 1 is 1.00 bits per heavy atom. The van der Waals surface area contributed by atoms with E-state index in [0.29, 0.717) is 25.7 Å². The maximum Gasteiger partial charge on any atom is 0.410 e. The van der Waals surface area contributed by atoms with Crippen LogP contribution in [0.25, 0.3) is 0 Å². The standard InChI is InChI=1S/C17H31N3O3/c1-17(2,3)23-16(22)20-11-7-14(8-12-20)18-13-15(21)19-9-5-4-6-10-19/h14,18H,4-13H2,1-3H3. The Morgan fingerprint density at radius 2 is 1.61 bits per heavy atom. The summed E-state index contributed by atoms with van der Waals surface area (Å²) in [6.07, 6.45) is 4.99. The van der Waals surface area contributed by atoms with Gasteiger partial charge in [0.15, 0.2) is 0 Å². The second-order valence-electron chi connectivity index (χ2n) is 7.56. The smallest absolute Gasteiger partial charge is 0.410 e. The molecule has 2 fully saturated rings. The Morgan fingerprint density at radius 3 is 2.17 bits per heavy atom. The second kappa shape index (κ2) is 7.99. The van der Waals surface area contributed by atoms with Gasteiger partial charge in [-0.05, 0) is 52.9 Å². The molecule has 2 saturated heterocycles. The molecular weight excluding hydrogens is 294 g/mol. The van der Waals surface area contributed by atoms with Crippen molar-refractivity contribution in [3.05, 3.63) is 0 Å². The Hall–Kier alpha value is -1.30. The summed E-state index contributed by atoms with van der Waals surface area (Å²) < 4.78 is 5.40. The van der Waals surface area contributed by atoms with Gasteiger partial charge < -0.3 is 19.9 Å². The van der Waals surface area contributed by atoms with Crippen LogP contribution in [0.5, 0.6) is 0 Å². The molecule has 6 nitrogen and oxygen atoms in total. The average Bonchev–Trinajstić information content (AvgIpc) is 2.52. The van der Waals surface area contributed by atoms with E-state index in [-0.39, 0.29) is 12.0 Å². The molecular formula is C17H31N3O3. The van der Waals surface area contributed by atoms with Crippen molar-refractivity contribution in [2.24, 2.45) is 0 Å². The van der Waals surface area contributed by atoms with Gasteiger partial charge in [-0.15, -0.1) is 0 Å². The Bertz CT molecular complexity index is 406. The van der Waals surface area contributed by atoms with Crippen molar-refractivity contribution < 1.29 is 14.3 Å². The van der Waals surface area contributed by atoms with E-state index in [9.17, 15) is 9.59 Å². The van der Waals surface area contributed by atoms with Crippen LogP contribution in [0.4, 0.5) is 4.79 Å². The third-order valence-corrected chi connectivity index (χ3v) is 4.40. The van der Waals surface area contributed by atoms with E-state index >= 15 is 0 Å². The first kappa shape index (κ1) is 18.0. The summed E-state index contributed by atoms with van der Waals surface area (Å²) in [5.41, 5.74) is -0.451. The zero-order valence-corrected chi connectivity index (χ0v) is 14.8. The highest BCUT2D eigenvalue weighted by atomic mass is 16.6. The van der Waals surface area contributed by atoms with Crippen LogP contribution >= 0.6 is 0 Å². The fraction of sp³-hybridized carbons (Fsp3) is 0.882. The molecule has 0 bridgehead atoms. The van der Waals surface area contributed by atoms with Crippen LogP contribution in [0.2, 0.25) is 0 Å².